The Morgan fingerprint density at radius 2 is 0.609 bits per heavy atom. The Bertz CT molecular complexity index is 704. The van der Waals surface area contributed by atoms with Crippen LogP contribution < -0.4 is 4.40 Å². The van der Waals surface area contributed by atoms with Gasteiger partial charge in [-0.1, -0.05) is 119 Å². The Kier molecular flexibility index (Phi) is 29.8. The van der Waals surface area contributed by atoms with Crippen LogP contribution in [0.4, 0.5) is 39.5 Å². The van der Waals surface area contributed by atoms with Crippen molar-refractivity contribution >= 4 is 17.7 Å². The van der Waals surface area contributed by atoms with Crippen LogP contribution in [0.15, 0.2) is 24.3 Å². The zero-order valence-electron chi connectivity index (χ0n) is 29.8. The average Bonchev–Trinajstić information content (AvgIpc) is 3.30. The summed E-state index contributed by atoms with van der Waals surface area (Å²) in [5.74, 6) is 4.35. The minimum atomic E-state index is -8.38. The maximum atomic E-state index is 12.6. The number of rotatable bonds is 13. The largest absolute Gasteiger partial charge is 4.00 e. The van der Waals surface area contributed by atoms with Gasteiger partial charge in [-0.15, -0.1) is 39.3 Å². The molecule has 0 aliphatic heterocycles. The first-order valence-corrected chi connectivity index (χ1v) is 19.7. The van der Waals surface area contributed by atoms with Crippen molar-refractivity contribution < 1.29 is 65.7 Å². The second kappa shape index (κ2) is 25.9. The van der Waals surface area contributed by atoms with Crippen LogP contribution in [0.1, 0.15) is 83.1 Å². The maximum Gasteiger partial charge on any atom is 4.00 e. The number of nitrogens with zero attached hydrogens (tertiary/aromatic N) is 3. The van der Waals surface area contributed by atoms with E-state index in [9.17, 15) is 39.5 Å². The maximum absolute atomic E-state index is 12.6. The van der Waals surface area contributed by atoms with Crippen molar-refractivity contribution in [2.45, 2.75) is 98.1 Å². The molecule has 3 nitrogen and oxygen atoms in total. The standard InChI is InChI=1S/C8H4F9Ge.3C8H18N.Zr/c9-6(10,11)18(7(12,13)14,8(15,16)17)5-3-1-2-4-5;3*1-7(2)5-9-6-8(3)4;/h1-4H;3*7-8H,5-6H2,1-4H3;/q4*-1;+4. The summed E-state index contributed by atoms with van der Waals surface area (Å²) < 4.78 is 111. The molecule has 0 saturated heterocycles. The first kappa shape index (κ1) is 52.8. The SMILES string of the molecule is CC(C)C[N-]CC(C)C.CC(C)C[N-]CC(C)C.CC(C)C[N-]CC(C)C.F[C](F)(F)[Ge]([c-]1cccc1)([C](F)(F)F)[C](F)(F)F.[Zr+4]. The molecule has 0 atom stereocenters. The van der Waals surface area contributed by atoms with Crippen LogP contribution in [0.25, 0.3) is 16.0 Å². The van der Waals surface area contributed by atoms with E-state index in [2.05, 4.69) is 99.0 Å². The molecule has 1 aromatic rings. The summed E-state index contributed by atoms with van der Waals surface area (Å²) in [7, 11) is 0. The Morgan fingerprint density at radius 3 is 0.739 bits per heavy atom. The van der Waals surface area contributed by atoms with Gasteiger partial charge in [-0.25, -0.2) is 0 Å². The first-order valence-electron chi connectivity index (χ1n) is 15.6. The van der Waals surface area contributed by atoms with Gasteiger partial charge < -0.3 is 16.0 Å². The van der Waals surface area contributed by atoms with Crippen molar-refractivity contribution in [1.82, 2.24) is 0 Å². The van der Waals surface area contributed by atoms with Crippen LogP contribution in [0.2, 0.25) is 0 Å². The van der Waals surface area contributed by atoms with Gasteiger partial charge in [0.2, 0.25) is 0 Å². The summed E-state index contributed by atoms with van der Waals surface area (Å²) in [5.41, 5.74) is 0. The summed E-state index contributed by atoms with van der Waals surface area (Å²) in [5, 5.41) is -5.96. The molecule has 0 saturated carbocycles. The molecule has 0 N–H and O–H groups in total. The molecule has 0 aromatic heterocycles. The average molecular weight is 820 g/mol. The molecule has 0 radical (unpaired) electrons. The van der Waals surface area contributed by atoms with Crippen LogP contribution in [0, 0.1) is 35.5 Å². The number of hydrogen-bond acceptors (Lipinski definition) is 0. The van der Waals surface area contributed by atoms with Gasteiger partial charge in [-0.2, -0.15) is 0 Å². The van der Waals surface area contributed by atoms with Crippen LogP contribution in [-0.4, -0.2) is 67.6 Å². The van der Waals surface area contributed by atoms with Crippen molar-refractivity contribution in [2.24, 2.45) is 35.5 Å². The Morgan fingerprint density at radius 1 is 0.435 bits per heavy atom. The fraction of sp³-hybridized carbons (Fsp3) is 0.844. The topological polar surface area (TPSA) is 42.3 Å². The number of halogens is 9. The van der Waals surface area contributed by atoms with E-state index in [1.54, 1.807) is 0 Å². The van der Waals surface area contributed by atoms with E-state index in [0.29, 0.717) is 0 Å². The monoisotopic (exact) mass is 819 g/mol. The minimum Gasteiger partial charge on any atom is 4.00 e. The Hall–Kier alpha value is 0.0260. The summed E-state index contributed by atoms with van der Waals surface area (Å²) in [6.45, 7) is 32.5. The number of alkyl halides is 9. The van der Waals surface area contributed by atoms with E-state index >= 15 is 0 Å². The van der Waals surface area contributed by atoms with Gasteiger partial charge >= 0.3 is 123 Å². The molecule has 0 unspecified atom stereocenters. The molecule has 0 heterocycles. The molecule has 1 rings (SSSR count). The molecule has 0 bridgehead atoms. The summed E-state index contributed by atoms with van der Waals surface area (Å²) in [4.78, 5) is 0. The molecule has 0 fully saturated rings. The van der Waals surface area contributed by atoms with Gasteiger partial charge in [0.05, 0.1) is 0 Å². The van der Waals surface area contributed by atoms with Gasteiger partial charge in [0.25, 0.3) is 0 Å². The Labute approximate surface area is 295 Å². The van der Waals surface area contributed by atoms with Gasteiger partial charge in [0, 0.05) is 0 Å². The molecule has 14 heteroatoms. The molecule has 46 heavy (non-hydrogen) atoms. The van der Waals surface area contributed by atoms with Crippen LogP contribution in [-0.2, 0) is 26.2 Å². The Balaban J connectivity index is -0.000000271. The minimum absolute atomic E-state index is 0. The second-order valence-electron chi connectivity index (χ2n) is 13.5. The second-order valence-corrected chi connectivity index (χ2v) is 21.5. The van der Waals surface area contributed by atoms with Crippen molar-refractivity contribution in [3.63, 3.8) is 0 Å². The molecule has 272 valence electrons. The zero-order chi connectivity index (χ0) is 36.2. The molecular formula is C32H58F9GeN3Zr. The molecular weight excluding hydrogens is 761 g/mol. The predicted octanol–water partition coefficient (Wildman–Crippen LogP) is 11.4. The van der Waals surface area contributed by atoms with E-state index in [0.717, 1.165) is 86.9 Å². The van der Waals surface area contributed by atoms with Crippen molar-refractivity contribution in [3.05, 3.63) is 40.2 Å². The molecule has 0 aliphatic rings. The fourth-order valence-electron chi connectivity index (χ4n) is 3.37. The molecule has 0 amide bonds. The van der Waals surface area contributed by atoms with Crippen LogP contribution >= 0.6 is 0 Å². The van der Waals surface area contributed by atoms with Gasteiger partial charge in [0.15, 0.2) is 0 Å². The van der Waals surface area contributed by atoms with Crippen molar-refractivity contribution in [2.75, 3.05) is 39.3 Å². The zero-order valence-corrected chi connectivity index (χ0v) is 34.3. The van der Waals surface area contributed by atoms with E-state index in [1.807, 2.05) is 0 Å². The molecule has 1 aromatic carbocycles. The van der Waals surface area contributed by atoms with Gasteiger partial charge in [-0.3, -0.25) is 0 Å². The quantitative estimate of drug-likeness (QED) is 0.108. The molecule has 0 spiro atoms. The first-order chi connectivity index (χ1) is 20.2. The smallest absolute Gasteiger partial charge is 4.00 e. The van der Waals surface area contributed by atoms with Crippen molar-refractivity contribution in [1.29, 1.82) is 0 Å². The summed E-state index contributed by atoms with van der Waals surface area (Å²) in [6, 6.07) is 1.90. The van der Waals surface area contributed by atoms with Crippen LogP contribution in [0.3, 0.4) is 0 Å². The van der Waals surface area contributed by atoms with E-state index in [4.69, 9.17) is 0 Å². The van der Waals surface area contributed by atoms with Crippen LogP contribution in [0.5, 0.6) is 0 Å². The third kappa shape index (κ3) is 24.2. The summed E-state index contributed by atoms with van der Waals surface area (Å²) in [6.07, 6.45) is 0. The summed E-state index contributed by atoms with van der Waals surface area (Å²) >= 11 is -8.38. The van der Waals surface area contributed by atoms with E-state index in [1.165, 1.54) is 0 Å². The van der Waals surface area contributed by atoms with Gasteiger partial charge in [0.1, 0.15) is 0 Å². The van der Waals surface area contributed by atoms with Gasteiger partial charge in [-0.05, 0) is 0 Å². The third-order valence-corrected chi connectivity index (χ3v) is 13.2. The van der Waals surface area contributed by atoms with E-state index in [-0.39, 0.29) is 38.3 Å². The van der Waals surface area contributed by atoms with Crippen molar-refractivity contribution in [3.8, 4) is 0 Å². The molecule has 0 aliphatic carbocycles. The van der Waals surface area contributed by atoms with E-state index < -0.39 is 32.7 Å². The predicted molar refractivity (Wildman–Crippen MR) is 174 cm³/mol. The number of hydrogen-bond donors (Lipinski definition) is 0. The fourth-order valence-corrected chi connectivity index (χ4v) is 8.91. The normalized spacial score (nSPS) is 12.5. The third-order valence-electron chi connectivity index (χ3n) is 5.34.